The molecule has 1 heterocycles. The Morgan fingerprint density at radius 3 is 2.71 bits per heavy atom. The number of thioether (sulfide) groups is 1. The first kappa shape index (κ1) is 15.7. The zero-order valence-corrected chi connectivity index (χ0v) is 12.0. The zero-order valence-electron chi connectivity index (χ0n) is 11.1. The van der Waals surface area contributed by atoms with Crippen LogP contribution in [0.2, 0.25) is 0 Å². The molecular formula is C13H13F3N2O2S. The third kappa shape index (κ3) is 3.49. The molecule has 0 unspecified atom stereocenters. The van der Waals surface area contributed by atoms with Gasteiger partial charge in [-0.3, -0.25) is 0 Å². The first-order valence-electron chi connectivity index (χ1n) is 6.25. The third-order valence-corrected chi connectivity index (χ3v) is 3.70. The van der Waals surface area contributed by atoms with E-state index in [1.54, 1.807) is 16.7 Å². The molecule has 114 valence electrons. The fraction of sp³-hybridized carbons (Fsp3) is 0.385. The van der Waals surface area contributed by atoms with E-state index in [9.17, 15) is 18.0 Å². The Morgan fingerprint density at radius 1 is 1.43 bits per heavy atom. The number of aromatic nitrogens is 2. The van der Waals surface area contributed by atoms with E-state index in [-0.39, 0.29) is 29.6 Å². The first-order chi connectivity index (χ1) is 9.83. The van der Waals surface area contributed by atoms with E-state index in [0.29, 0.717) is 23.3 Å². The van der Waals surface area contributed by atoms with E-state index in [1.165, 1.54) is 6.07 Å². The molecule has 2 aromatic rings. The summed E-state index contributed by atoms with van der Waals surface area (Å²) >= 11 is -0.0949. The monoisotopic (exact) mass is 318 g/mol. The quantitative estimate of drug-likeness (QED) is 0.916. The zero-order chi connectivity index (χ0) is 15.6. The fourth-order valence-corrected chi connectivity index (χ4v) is 2.65. The minimum absolute atomic E-state index is 0.0597. The smallest absolute Gasteiger partial charge is 0.441 e. The minimum Gasteiger partial charge on any atom is -0.478 e. The van der Waals surface area contributed by atoms with Crippen LogP contribution in [0.5, 0.6) is 0 Å². The highest BCUT2D eigenvalue weighted by molar-refractivity contribution is 8.00. The van der Waals surface area contributed by atoms with Crippen molar-refractivity contribution in [2.75, 3.05) is 5.75 Å². The van der Waals surface area contributed by atoms with Gasteiger partial charge in [-0.25, -0.2) is 9.78 Å². The number of halogens is 3. The Hall–Kier alpha value is -1.70. The maximum atomic E-state index is 12.2. The standard InChI is InChI=1S/C13H13F3N2O2S/c1-2-10-17-11-8(12(19)20)4-3-5-9(11)18(10)6-7-21-13(14,15)16/h3-5H,2,6-7H2,1H3,(H,19,20). The molecule has 1 aromatic carbocycles. The molecule has 0 bridgehead atoms. The summed E-state index contributed by atoms with van der Waals surface area (Å²) in [6.45, 7) is 1.96. The molecular weight excluding hydrogens is 305 g/mol. The fourth-order valence-electron chi connectivity index (χ4n) is 2.14. The number of carbonyl (C=O) groups is 1. The van der Waals surface area contributed by atoms with Crippen LogP contribution in [0.15, 0.2) is 18.2 Å². The number of alkyl halides is 3. The van der Waals surface area contributed by atoms with E-state index >= 15 is 0 Å². The number of hydrogen-bond acceptors (Lipinski definition) is 3. The number of imidazole rings is 1. The molecule has 0 saturated heterocycles. The van der Waals surface area contributed by atoms with Crippen molar-refractivity contribution in [3.63, 3.8) is 0 Å². The maximum absolute atomic E-state index is 12.2. The second-order valence-electron chi connectivity index (χ2n) is 4.31. The van der Waals surface area contributed by atoms with Gasteiger partial charge in [0.05, 0.1) is 11.1 Å². The van der Waals surface area contributed by atoms with Crippen LogP contribution in [0, 0.1) is 0 Å². The minimum atomic E-state index is -4.27. The van der Waals surface area contributed by atoms with Gasteiger partial charge >= 0.3 is 11.5 Å². The number of hydrogen-bond donors (Lipinski definition) is 1. The first-order valence-corrected chi connectivity index (χ1v) is 7.24. The Labute approximate surface area is 123 Å². The van der Waals surface area contributed by atoms with Crippen molar-refractivity contribution in [1.29, 1.82) is 0 Å². The largest absolute Gasteiger partial charge is 0.478 e. The number of nitrogens with zero attached hydrogens (tertiary/aromatic N) is 2. The van der Waals surface area contributed by atoms with Crippen molar-refractivity contribution in [1.82, 2.24) is 9.55 Å². The van der Waals surface area contributed by atoms with Gasteiger partial charge in [0.15, 0.2) is 0 Å². The van der Waals surface area contributed by atoms with Gasteiger partial charge in [-0.05, 0) is 23.9 Å². The summed E-state index contributed by atoms with van der Waals surface area (Å²) in [7, 11) is 0. The summed E-state index contributed by atoms with van der Waals surface area (Å²) in [6, 6.07) is 4.68. The lowest BCUT2D eigenvalue weighted by Crippen LogP contribution is -2.09. The molecule has 21 heavy (non-hydrogen) atoms. The van der Waals surface area contributed by atoms with Crippen molar-refractivity contribution < 1.29 is 23.1 Å². The molecule has 0 amide bonds. The topological polar surface area (TPSA) is 55.1 Å². The van der Waals surface area contributed by atoms with Gasteiger partial charge in [-0.1, -0.05) is 13.0 Å². The summed E-state index contributed by atoms with van der Waals surface area (Å²) in [4.78, 5) is 15.4. The van der Waals surface area contributed by atoms with E-state index in [0.717, 1.165) is 0 Å². The predicted molar refractivity (Wildman–Crippen MR) is 74.6 cm³/mol. The molecule has 0 aliphatic heterocycles. The van der Waals surface area contributed by atoms with Crippen molar-refractivity contribution in [3.8, 4) is 0 Å². The number of carboxylic acid groups (broad SMARTS) is 1. The second-order valence-corrected chi connectivity index (χ2v) is 5.47. The molecule has 2 rings (SSSR count). The molecule has 0 spiro atoms. The van der Waals surface area contributed by atoms with Crippen LogP contribution >= 0.6 is 11.8 Å². The molecule has 0 aliphatic rings. The van der Waals surface area contributed by atoms with Gasteiger partial charge in [0.2, 0.25) is 0 Å². The summed E-state index contributed by atoms with van der Waals surface area (Å²) in [5.74, 6) is -0.654. The van der Waals surface area contributed by atoms with Crippen LogP contribution in [-0.4, -0.2) is 31.9 Å². The van der Waals surface area contributed by atoms with Crippen LogP contribution in [0.3, 0.4) is 0 Å². The highest BCUT2D eigenvalue weighted by Gasteiger charge is 2.28. The highest BCUT2D eigenvalue weighted by Crippen LogP contribution is 2.30. The Morgan fingerprint density at radius 2 is 2.14 bits per heavy atom. The van der Waals surface area contributed by atoms with Crippen molar-refractivity contribution in [2.45, 2.75) is 25.4 Å². The van der Waals surface area contributed by atoms with Gasteiger partial charge in [-0.15, -0.1) is 0 Å². The predicted octanol–water partition coefficient (Wildman–Crippen LogP) is 3.55. The lowest BCUT2D eigenvalue weighted by molar-refractivity contribution is -0.0328. The maximum Gasteiger partial charge on any atom is 0.441 e. The number of benzene rings is 1. The summed E-state index contributed by atoms with van der Waals surface area (Å²) in [6.07, 6.45) is 0.518. The summed E-state index contributed by atoms with van der Waals surface area (Å²) in [5.41, 5.74) is -3.34. The molecule has 0 aliphatic carbocycles. The lowest BCUT2D eigenvalue weighted by Gasteiger charge is -2.09. The van der Waals surface area contributed by atoms with E-state index in [4.69, 9.17) is 5.11 Å². The number of fused-ring (bicyclic) bond motifs is 1. The number of para-hydroxylation sites is 1. The van der Waals surface area contributed by atoms with Crippen LogP contribution < -0.4 is 0 Å². The lowest BCUT2D eigenvalue weighted by atomic mass is 10.2. The second kappa shape index (κ2) is 5.97. The molecule has 0 saturated carbocycles. The number of aryl methyl sites for hydroxylation is 2. The van der Waals surface area contributed by atoms with Crippen molar-refractivity contribution in [2.24, 2.45) is 0 Å². The van der Waals surface area contributed by atoms with Gasteiger partial charge < -0.3 is 9.67 Å². The van der Waals surface area contributed by atoms with Gasteiger partial charge in [0.25, 0.3) is 0 Å². The molecule has 0 atom stereocenters. The van der Waals surface area contributed by atoms with Gasteiger partial charge in [0.1, 0.15) is 11.3 Å². The van der Waals surface area contributed by atoms with Crippen LogP contribution in [0.25, 0.3) is 11.0 Å². The molecule has 8 heteroatoms. The van der Waals surface area contributed by atoms with Gasteiger partial charge in [0, 0.05) is 18.7 Å². The summed E-state index contributed by atoms with van der Waals surface area (Å²) in [5, 5.41) is 9.14. The van der Waals surface area contributed by atoms with E-state index in [2.05, 4.69) is 4.98 Å². The number of aromatic carboxylic acids is 1. The molecule has 1 N–H and O–H groups in total. The third-order valence-electron chi connectivity index (χ3n) is 2.99. The molecule has 0 radical (unpaired) electrons. The van der Waals surface area contributed by atoms with Crippen LogP contribution in [-0.2, 0) is 13.0 Å². The molecule has 4 nitrogen and oxygen atoms in total. The average Bonchev–Trinajstić information content (AvgIpc) is 2.75. The Balaban J connectivity index is 2.38. The van der Waals surface area contributed by atoms with Crippen LogP contribution in [0.4, 0.5) is 13.2 Å². The average molecular weight is 318 g/mol. The SMILES string of the molecule is CCc1nc2c(C(=O)O)cccc2n1CCSC(F)(F)F. The van der Waals surface area contributed by atoms with Gasteiger partial charge in [-0.2, -0.15) is 13.2 Å². The van der Waals surface area contributed by atoms with Crippen LogP contribution in [0.1, 0.15) is 23.1 Å². The normalized spacial score (nSPS) is 12.0. The summed E-state index contributed by atoms with van der Waals surface area (Å²) < 4.78 is 38.3. The van der Waals surface area contributed by atoms with E-state index < -0.39 is 11.5 Å². The number of rotatable bonds is 5. The Bertz CT molecular complexity index is 667. The van der Waals surface area contributed by atoms with Crippen molar-refractivity contribution >= 4 is 28.8 Å². The van der Waals surface area contributed by atoms with E-state index in [1.807, 2.05) is 6.92 Å². The highest BCUT2D eigenvalue weighted by atomic mass is 32.2. The number of carboxylic acids is 1. The molecule has 0 fully saturated rings. The van der Waals surface area contributed by atoms with Crippen molar-refractivity contribution in [3.05, 3.63) is 29.6 Å². The molecule has 1 aromatic heterocycles. The Kier molecular flexibility index (Phi) is 4.46.